The van der Waals surface area contributed by atoms with Crippen molar-refractivity contribution in [1.82, 2.24) is 5.43 Å². The van der Waals surface area contributed by atoms with Gasteiger partial charge in [0, 0.05) is 17.5 Å². The van der Waals surface area contributed by atoms with Crippen LogP contribution in [0.4, 0.5) is 4.39 Å². The van der Waals surface area contributed by atoms with Crippen LogP contribution in [0.15, 0.2) is 17.2 Å². The second kappa shape index (κ2) is 6.16. The predicted molar refractivity (Wildman–Crippen MR) is 87.2 cm³/mol. The molecule has 2 aliphatic rings. The first kappa shape index (κ1) is 16.9. The van der Waals surface area contributed by atoms with Gasteiger partial charge in [-0.15, -0.1) is 0 Å². The Hall–Kier alpha value is -1.96. The van der Waals surface area contributed by atoms with Crippen LogP contribution in [-0.2, 0) is 14.6 Å². The van der Waals surface area contributed by atoms with Crippen LogP contribution < -0.4 is 5.43 Å². The van der Waals surface area contributed by atoms with Gasteiger partial charge in [0.1, 0.15) is 11.6 Å². The van der Waals surface area contributed by atoms with Crippen molar-refractivity contribution in [1.29, 1.82) is 0 Å². The van der Waals surface area contributed by atoms with E-state index in [1.54, 1.807) is 0 Å². The van der Waals surface area contributed by atoms with E-state index in [1.165, 1.54) is 12.1 Å². The first-order valence-electron chi connectivity index (χ1n) is 7.84. The Bertz CT molecular complexity index is 820. The maximum atomic E-state index is 13.9. The lowest BCUT2D eigenvalue weighted by Crippen LogP contribution is -2.23. The SMILES string of the molecule is C[C@@H]1C/C(=N\NC(=O)C[C@@H]2CCS(=O)(=O)C2)c2c(O)ccc(F)c21. The van der Waals surface area contributed by atoms with Crippen LogP contribution in [0.25, 0.3) is 0 Å². The van der Waals surface area contributed by atoms with E-state index in [0.717, 1.165) is 0 Å². The highest BCUT2D eigenvalue weighted by molar-refractivity contribution is 7.91. The minimum absolute atomic E-state index is 0.0306. The number of phenolic OH excluding ortho intramolecular Hbond substituents is 1. The summed E-state index contributed by atoms with van der Waals surface area (Å²) in [4.78, 5) is 12.0. The van der Waals surface area contributed by atoms with E-state index in [4.69, 9.17) is 0 Å². The number of amides is 1. The van der Waals surface area contributed by atoms with Crippen LogP contribution in [0.2, 0.25) is 0 Å². The molecule has 24 heavy (non-hydrogen) atoms. The van der Waals surface area contributed by atoms with Gasteiger partial charge in [-0.25, -0.2) is 18.2 Å². The number of fused-ring (bicyclic) bond motifs is 1. The van der Waals surface area contributed by atoms with Crippen LogP contribution in [0.5, 0.6) is 5.75 Å². The largest absolute Gasteiger partial charge is 0.507 e. The molecule has 2 N–H and O–H groups in total. The number of halogens is 1. The smallest absolute Gasteiger partial charge is 0.240 e. The van der Waals surface area contributed by atoms with Gasteiger partial charge >= 0.3 is 0 Å². The van der Waals surface area contributed by atoms with Crippen LogP contribution in [-0.4, -0.2) is 36.6 Å². The van der Waals surface area contributed by atoms with Crippen molar-refractivity contribution in [3.05, 3.63) is 29.1 Å². The highest BCUT2D eigenvalue weighted by Gasteiger charge is 2.32. The number of carbonyl (C=O) groups excluding carboxylic acids is 1. The molecule has 1 aliphatic carbocycles. The van der Waals surface area contributed by atoms with E-state index in [2.05, 4.69) is 10.5 Å². The van der Waals surface area contributed by atoms with Gasteiger partial charge in [-0.1, -0.05) is 6.92 Å². The Morgan fingerprint density at radius 3 is 2.88 bits per heavy atom. The molecule has 3 rings (SSSR count). The zero-order valence-electron chi connectivity index (χ0n) is 13.3. The summed E-state index contributed by atoms with van der Waals surface area (Å²) < 4.78 is 36.7. The summed E-state index contributed by atoms with van der Waals surface area (Å²) >= 11 is 0. The molecular formula is C16H19FN2O4S. The van der Waals surface area contributed by atoms with Gasteiger partial charge in [0.2, 0.25) is 5.91 Å². The van der Waals surface area contributed by atoms with Gasteiger partial charge in [-0.3, -0.25) is 4.79 Å². The van der Waals surface area contributed by atoms with Crippen LogP contribution in [0.3, 0.4) is 0 Å². The van der Waals surface area contributed by atoms with E-state index >= 15 is 0 Å². The molecule has 1 aromatic rings. The minimum Gasteiger partial charge on any atom is -0.507 e. The van der Waals surface area contributed by atoms with E-state index < -0.39 is 15.7 Å². The number of hydrogen-bond donors (Lipinski definition) is 2. The molecule has 1 saturated heterocycles. The van der Waals surface area contributed by atoms with E-state index in [0.29, 0.717) is 29.7 Å². The third-order valence-corrected chi connectivity index (χ3v) is 6.40. The second-order valence-electron chi connectivity index (χ2n) is 6.53. The lowest BCUT2D eigenvalue weighted by atomic mass is 10.0. The lowest BCUT2D eigenvalue weighted by molar-refractivity contribution is -0.121. The third kappa shape index (κ3) is 3.28. The molecule has 0 radical (unpaired) electrons. The number of hydrogen-bond acceptors (Lipinski definition) is 5. The summed E-state index contributed by atoms with van der Waals surface area (Å²) in [6.07, 6.45) is 0.994. The van der Waals surface area contributed by atoms with Crippen LogP contribution in [0, 0.1) is 11.7 Å². The number of nitrogens with zero attached hydrogens (tertiary/aromatic N) is 1. The number of carbonyl (C=O) groups is 1. The van der Waals surface area contributed by atoms with E-state index in [1.807, 2.05) is 6.92 Å². The van der Waals surface area contributed by atoms with Gasteiger partial charge < -0.3 is 5.11 Å². The van der Waals surface area contributed by atoms with Crippen molar-refractivity contribution in [3.63, 3.8) is 0 Å². The summed E-state index contributed by atoms with van der Waals surface area (Å²) in [7, 11) is -3.02. The maximum Gasteiger partial charge on any atom is 0.240 e. The number of phenols is 1. The molecule has 1 heterocycles. The highest BCUT2D eigenvalue weighted by atomic mass is 32.2. The van der Waals surface area contributed by atoms with Crippen molar-refractivity contribution < 1.29 is 22.7 Å². The molecule has 2 atom stereocenters. The summed E-state index contributed by atoms with van der Waals surface area (Å²) in [5.41, 5.74) is 3.59. The highest BCUT2D eigenvalue weighted by Crippen LogP contribution is 2.39. The second-order valence-corrected chi connectivity index (χ2v) is 8.76. The number of nitrogens with one attached hydrogen (secondary N) is 1. The Morgan fingerprint density at radius 2 is 2.21 bits per heavy atom. The van der Waals surface area contributed by atoms with E-state index in [9.17, 15) is 22.7 Å². The molecule has 0 unspecified atom stereocenters. The summed E-state index contributed by atoms with van der Waals surface area (Å²) in [6.45, 7) is 1.83. The number of aromatic hydroxyl groups is 1. The van der Waals surface area contributed by atoms with Gasteiger partial charge in [-0.05, 0) is 36.8 Å². The normalized spacial score (nSPS) is 26.5. The first-order valence-corrected chi connectivity index (χ1v) is 9.66. The Morgan fingerprint density at radius 1 is 1.46 bits per heavy atom. The molecule has 130 valence electrons. The van der Waals surface area contributed by atoms with Crippen LogP contribution in [0.1, 0.15) is 43.2 Å². The summed E-state index contributed by atoms with van der Waals surface area (Å²) in [6, 6.07) is 2.49. The molecule has 0 saturated carbocycles. The van der Waals surface area contributed by atoms with Gasteiger partial charge in [-0.2, -0.15) is 5.10 Å². The average Bonchev–Trinajstić information content (AvgIpc) is 3.01. The molecule has 0 spiro atoms. The average molecular weight is 354 g/mol. The summed E-state index contributed by atoms with van der Waals surface area (Å²) in [5.74, 6) is -1.01. The number of benzene rings is 1. The van der Waals surface area contributed by atoms with Crippen molar-refractivity contribution in [2.24, 2.45) is 11.0 Å². The van der Waals surface area contributed by atoms with Gasteiger partial charge in [0.25, 0.3) is 0 Å². The van der Waals surface area contributed by atoms with E-state index in [-0.39, 0.29) is 41.4 Å². The minimum atomic E-state index is -3.02. The molecule has 1 fully saturated rings. The number of rotatable bonds is 3. The fraction of sp³-hybridized carbons (Fsp3) is 0.500. The van der Waals surface area contributed by atoms with Gasteiger partial charge in [0.15, 0.2) is 9.84 Å². The molecule has 0 aromatic heterocycles. The molecule has 1 aromatic carbocycles. The first-order chi connectivity index (χ1) is 11.3. The molecule has 0 bridgehead atoms. The number of hydrazone groups is 1. The number of sulfone groups is 1. The molecule has 1 amide bonds. The fourth-order valence-electron chi connectivity index (χ4n) is 3.43. The monoisotopic (exact) mass is 354 g/mol. The van der Waals surface area contributed by atoms with Gasteiger partial charge in [0.05, 0.1) is 17.2 Å². The zero-order chi connectivity index (χ0) is 17.5. The Labute approximate surface area is 139 Å². The summed E-state index contributed by atoms with van der Waals surface area (Å²) in [5, 5.41) is 14.0. The van der Waals surface area contributed by atoms with Crippen molar-refractivity contribution in [3.8, 4) is 5.75 Å². The lowest BCUT2D eigenvalue weighted by Gasteiger charge is -2.07. The maximum absolute atomic E-state index is 13.9. The Balaban J connectivity index is 1.71. The topological polar surface area (TPSA) is 95.8 Å². The molecule has 6 nitrogen and oxygen atoms in total. The van der Waals surface area contributed by atoms with Crippen LogP contribution >= 0.6 is 0 Å². The zero-order valence-corrected chi connectivity index (χ0v) is 14.1. The van der Waals surface area contributed by atoms with Crippen molar-refractivity contribution in [2.75, 3.05) is 11.5 Å². The van der Waals surface area contributed by atoms with Crippen molar-refractivity contribution >= 4 is 21.5 Å². The molecular weight excluding hydrogens is 335 g/mol. The standard InChI is InChI=1S/C16H19FN2O4S/c1-9-6-12(16-13(20)3-2-11(17)15(9)16)18-19-14(21)7-10-4-5-24(22,23)8-10/h2-3,9-10,20H,4-8H2,1H3,(H,19,21)/b18-12+/t9-,10+/m1/s1. The fourth-order valence-corrected chi connectivity index (χ4v) is 5.30. The van der Waals surface area contributed by atoms with Crippen molar-refractivity contribution in [2.45, 2.75) is 32.1 Å². The predicted octanol–water partition coefficient (Wildman–Crippen LogP) is 1.68. The molecule has 8 heteroatoms. The molecule has 1 aliphatic heterocycles. The third-order valence-electron chi connectivity index (χ3n) is 4.57. The Kier molecular flexibility index (Phi) is 4.33. The quantitative estimate of drug-likeness (QED) is 0.807.